The van der Waals surface area contributed by atoms with Crippen LogP contribution in [0.15, 0.2) is 18.2 Å². The number of benzene rings is 1. The molecule has 0 aliphatic rings. The Kier molecular flexibility index (Phi) is 4.10. The summed E-state index contributed by atoms with van der Waals surface area (Å²) in [5.41, 5.74) is 2.10. The summed E-state index contributed by atoms with van der Waals surface area (Å²) >= 11 is 0. The summed E-state index contributed by atoms with van der Waals surface area (Å²) in [6.45, 7) is 9.20. The van der Waals surface area contributed by atoms with E-state index in [1.54, 1.807) is 19.1 Å². The molecule has 1 rings (SSSR count). The number of hydrogen-bond donors (Lipinski definition) is 1. The fourth-order valence-electron chi connectivity index (χ4n) is 1.55. The Hall–Kier alpha value is -1.58. The van der Waals surface area contributed by atoms with Crippen molar-refractivity contribution in [2.24, 2.45) is 5.41 Å². The zero-order chi connectivity index (χ0) is 13.1. The van der Waals surface area contributed by atoms with Gasteiger partial charge in [0, 0.05) is 23.9 Å². The van der Waals surface area contributed by atoms with Crippen molar-refractivity contribution in [2.75, 3.05) is 11.9 Å². The summed E-state index contributed by atoms with van der Waals surface area (Å²) in [5, 5.41) is 13.9. The fourth-order valence-corrected chi connectivity index (χ4v) is 1.55. The number of nitro groups is 1. The van der Waals surface area contributed by atoms with Crippen molar-refractivity contribution in [1.29, 1.82) is 0 Å². The number of aryl methyl sites for hydroxylation is 1. The van der Waals surface area contributed by atoms with Crippen LogP contribution >= 0.6 is 0 Å². The van der Waals surface area contributed by atoms with Crippen molar-refractivity contribution in [2.45, 2.75) is 34.1 Å². The molecular formula is C13H20N2O2. The van der Waals surface area contributed by atoms with Crippen LogP contribution in [0.4, 0.5) is 11.4 Å². The lowest BCUT2D eigenvalue weighted by atomic mass is 9.92. The SMILES string of the molecule is Cc1cc(NCCC(C)(C)C)ccc1[N+](=O)[O-]. The molecule has 0 unspecified atom stereocenters. The van der Waals surface area contributed by atoms with E-state index in [1.807, 2.05) is 6.07 Å². The highest BCUT2D eigenvalue weighted by Crippen LogP contribution is 2.23. The summed E-state index contributed by atoms with van der Waals surface area (Å²) < 4.78 is 0. The molecule has 0 spiro atoms. The Balaban J connectivity index is 2.62. The predicted octanol–water partition coefficient (Wildman–Crippen LogP) is 3.75. The first-order valence-electron chi connectivity index (χ1n) is 5.78. The Morgan fingerprint density at radius 3 is 2.47 bits per heavy atom. The molecule has 1 aromatic rings. The molecule has 94 valence electrons. The Bertz CT molecular complexity index is 408. The van der Waals surface area contributed by atoms with Gasteiger partial charge in [0.15, 0.2) is 0 Å². The normalized spacial score (nSPS) is 11.3. The number of nitro benzene ring substituents is 1. The van der Waals surface area contributed by atoms with Crippen molar-refractivity contribution in [3.8, 4) is 0 Å². The van der Waals surface area contributed by atoms with Crippen LogP contribution in [0, 0.1) is 22.5 Å². The van der Waals surface area contributed by atoms with Gasteiger partial charge in [0.2, 0.25) is 0 Å². The molecule has 0 atom stereocenters. The molecule has 4 nitrogen and oxygen atoms in total. The average molecular weight is 236 g/mol. The van der Waals surface area contributed by atoms with Gasteiger partial charge >= 0.3 is 0 Å². The monoisotopic (exact) mass is 236 g/mol. The molecule has 0 heterocycles. The average Bonchev–Trinajstić information content (AvgIpc) is 2.15. The predicted molar refractivity (Wildman–Crippen MR) is 70.4 cm³/mol. The van der Waals surface area contributed by atoms with Gasteiger partial charge in [0.1, 0.15) is 0 Å². The molecular weight excluding hydrogens is 216 g/mol. The van der Waals surface area contributed by atoms with Gasteiger partial charge in [-0.05, 0) is 30.9 Å². The van der Waals surface area contributed by atoms with Crippen LogP contribution in [0.25, 0.3) is 0 Å². The van der Waals surface area contributed by atoms with Crippen molar-refractivity contribution >= 4 is 11.4 Å². The van der Waals surface area contributed by atoms with Crippen LogP contribution in [-0.4, -0.2) is 11.5 Å². The zero-order valence-electron chi connectivity index (χ0n) is 10.9. The molecule has 1 aromatic carbocycles. The van der Waals surface area contributed by atoms with Crippen LogP contribution in [0.1, 0.15) is 32.8 Å². The molecule has 0 saturated heterocycles. The maximum atomic E-state index is 10.7. The van der Waals surface area contributed by atoms with Crippen LogP contribution in [-0.2, 0) is 0 Å². The summed E-state index contributed by atoms with van der Waals surface area (Å²) in [6, 6.07) is 5.13. The van der Waals surface area contributed by atoms with E-state index in [0.717, 1.165) is 18.7 Å². The van der Waals surface area contributed by atoms with Crippen molar-refractivity contribution in [3.05, 3.63) is 33.9 Å². The standard InChI is InChI=1S/C13H20N2O2/c1-10-9-11(5-6-12(10)15(16)17)14-8-7-13(2,3)4/h5-6,9,14H,7-8H2,1-4H3. The first kappa shape index (κ1) is 13.5. The minimum absolute atomic E-state index is 0.173. The minimum Gasteiger partial charge on any atom is -0.385 e. The largest absolute Gasteiger partial charge is 0.385 e. The van der Waals surface area contributed by atoms with Gasteiger partial charge < -0.3 is 5.32 Å². The Morgan fingerprint density at radius 2 is 2.00 bits per heavy atom. The van der Waals surface area contributed by atoms with Crippen molar-refractivity contribution in [3.63, 3.8) is 0 Å². The Labute approximate surface area is 102 Å². The number of anilines is 1. The summed E-state index contributed by atoms with van der Waals surface area (Å²) in [5.74, 6) is 0. The molecule has 1 N–H and O–H groups in total. The third-order valence-corrected chi connectivity index (χ3v) is 2.60. The Morgan fingerprint density at radius 1 is 1.35 bits per heavy atom. The second kappa shape index (κ2) is 5.17. The van der Waals surface area contributed by atoms with Crippen LogP contribution in [0.2, 0.25) is 0 Å². The molecule has 0 amide bonds. The third-order valence-electron chi connectivity index (χ3n) is 2.60. The molecule has 4 heteroatoms. The molecule has 0 radical (unpaired) electrons. The second-order valence-electron chi connectivity index (χ2n) is 5.50. The van der Waals surface area contributed by atoms with E-state index in [-0.39, 0.29) is 10.6 Å². The van der Waals surface area contributed by atoms with Gasteiger partial charge in [0.25, 0.3) is 5.69 Å². The van der Waals surface area contributed by atoms with E-state index < -0.39 is 0 Å². The minimum atomic E-state index is -0.353. The van der Waals surface area contributed by atoms with Crippen LogP contribution in [0.3, 0.4) is 0 Å². The highest BCUT2D eigenvalue weighted by atomic mass is 16.6. The van der Waals surface area contributed by atoms with Gasteiger partial charge in [-0.2, -0.15) is 0 Å². The highest BCUT2D eigenvalue weighted by Gasteiger charge is 2.11. The quantitative estimate of drug-likeness (QED) is 0.639. The lowest BCUT2D eigenvalue weighted by Crippen LogP contribution is -2.12. The maximum Gasteiger partial charge on any atom is 0.272 e. The lowest BCUT2D eigenvalue weighted by Gasteiger charge is -2.18. The summed E-state index contributed by atoms with van der Waals surface area (Å²) in [6.07, 6.45) is 1.06. The number of rotatable bonds is 4. The van der Waals surface area contributed by atoms with Gasteiger partial charge in [0.05, 0.1) is 4.92 Å². The topological polar surface area (TPSA) is 55.2 Å². The van der Waals surface area contributed by atoms with Gasteiger partial charge in [-0.3, -0.25) is 10.1 Å². The van der Waals surface area contributed by atoms with E-state index >= 15 is 0 Å². The van der Waals surface area contributed by atoms with Crippen LogP contribution in [0.5, 0.6) is 0 Å². The van der Waals surface area contributed by atoms with Crippen molar-refractivity contribution < 1.29 is 4.92 Å². The zero-order valence-corrected chi connectivity index (χ0v) is 10.9. The van der Waals surface area contributed by atoms with E-state index in [2.05, 4.69) is 26.1 Å². The van der Waals surface area contributed by atoms with Gasteiger partial charge in [-0.25, -0.2) is 0 Å². The van der Waals surface area contributed by atoms with E-state index in [9.17, 15) is 10.1 Å². The lowest BCUT2D eigenvalue weighted by molar-refractivity contribution is -0.385. The fraction of sp³-hybridized carbons (Fsp3) is 0.538. The second-order valence-corrected chi connectivity index (χ2v) is 5.50. The summed E-state index contributed by atoms with van der Waals surface area (Å²) in [4.78, 5) is 10.3. The van der Waals surface area contributed by atoms with Crippen LogP contribution < -0.4 is 5.32 Å². The van der Waals surface area contributed by atoms with Crippen molar-refractivity contribution in [1.82, 2.24) is 0 Å². The molecule has 17 heavy (non-hydrogen) atoms. The number of hydrogen-bond acceptors (Lipinski definition) is 3. The first-order valence-corrected chi connectivity index (χ1v) is 5.78. The molecule has 0 bridgehead atoms. The molecule has 0 fully saturated rings. The molecule has 0 saturated carbocycles. The molecule has 0 aliphatic carbocycles. The summed E-state index contributed by atoms with van der Waals surface area (Å²) in [7, 11) is 0. The van der Waals surface area contributed by atoms with E-state index in [1.165, 1.54) is 0 Å². The maximum absolute atomic E-state index is 10.7. The van der Waals surface area contributed by atoms with E-state index in [0.29, 0.717) is 11.0 Å². The van der Waals surface area contributed by atoms with Gasteiger partial charge in [-0.15, -0.1) is 0 Å². The third kappa shape index (κ3) is 4.43. The number of nitrogens with zero attached hydrogens (tertiary/aromatic N) is 1. The number of nitrogens with one attached hydrogen (secondary N) is 1. The molecule has 0 aromatic heterocycles. The van der Waals surface area contributed by atoms with Gasteiger partial charge in [-0.1, -0.05) is 20.8 Å². The molecule has 0 aliphatic heterocycles. The smallest absolute Gasteiger partial charge is 0.272 e. The highest BCUT2D eigenvalue weighted by molar-refractivity contribution is 5.53. The first-order chi connectivity index (χ1) is 7.79. The van der Waals surface area contributed by atoms with E-state index in [4.69, 9.17) is 0 Å².